The van der Waals surface area contributed by atoms with E-state index in [2.05, 4.69) is 20.9 Å². The number of oxazole rings is 1. The van der Waals surface area contributed by atoms with E-state index in [0.717, 1.165) is 10.0 Å². The van der Waals surface area contributed by atoms with Gasteiger partial charge in [0.2, 0.25) is 5.91 Å². The van der Waals surface area contributed by atoms with Crippen molar-refractivity contribution in [2.24, 2.45) is 5.92 Å². The van der Waals surface area contributed by atoms with Crippen molar-refractivity contribution in [3.8, 4) is 0 Å². The van der Waals surface area contributed by atoms with Gasteiger partial charge in [0.25, 0.3) is 0 Å². The van der Waals surface area contributed by atoms with E-state index in [4.69, 9.17) is 9.52 Å². The Bertz CT molecular complexity index is 996. The lowest BCUT2D eigenvalue weighted by Gasteiger charge is -2.15. The predicted octanol–water partition coefficient (Wildman–Crippen LogP) is 3.62. The highest BCUT2D eigenvalue weighted by molar-refractivity contribution is 9.10. The number of aliphatic carboxylic acids is 1. The lowest BCUT2D eigenvalue weighted by molar-refractivity contribution is -0.141. The molecule has 2 heterocycles. The molecule has 1 atom stereocenters. The van der Waals surface area contributed by atoms with Gasteiger partial charge in [-0.25, -0.2) is 4.98 Å². The van der Waals surface area contributed by atoms with E-state index < -0.39 is 11.9 Å². The third-order valence-electron chi connectivity index (χ3n) is 4.47. The summed E-state index contributed by atoms with van der Waals surface area (Å²) in [5.74, 6) is -1.21. The number of carbonyl (C=O) groups excluding carboxylic acids is 1. The number of anilines is 1. The summed E-state index contributed by atoms with van der Waals surface area (Å²) in [4.78, 5) is 29.2. The van der Waals surface area contributed by atoms with Crippen molar-refractivity contribution in [2.75, 3.05) is 11.4 Å². The van der Waals surface area contributed by atoms with Crippen LogP contribution < -0.4 is 4.90 Å². The highest BCUT2D eigenvalue weighted by atomic mass is 79.9. The van der Waals surface area contributed by atoms with Crippen LogP contribution >= 0.6 is 15.9 Å². The number of aromatic nitrogens is 1. The average Bonchev–Trinajstić information content (AvgIpc) is 3.19. The second-order valence-electron chi connectivity index (χ2n) is 6.31. The Morgan fingerprint density at radius 1 is 1.27 bits per heavy atom. The van der Waals surface area contributed by atoms with Gasteiger partial charge in [-0.15, -0.1) is 0 Å². The van der Waals surface area contributed by atoms with Gasteiger partial charge in [-0.3, -0.25) is 9.59 Å². The van der Waals surface area contributed by atoms with Gasteiger partial charge in [0.15, 0.2) is 11.5 Å². The maximum atomic E-state index is 12.1. The smallest absolute Gasteiger partial charge is 0.308 e. The number of hydrogen-bond donors (Lipinski definition) is 1. The molecule has 1 aliphatic rings. The molecule has 1 aromatic heterocycles. The fourth-order valence-corrected chi connectivity index (χ4v) is 3.37. The second kappa shape index (κ2) is 6.57. The van der Waals surface area contributed by atoms with Crippen LogP contribution in [0.3, 0.4) is 0 Å². The van der Waals surface area contributed by atoms with Crippen LogP contribution in [0.2, 0.25) is 0 Å². The van der Waals surface area contributed by atoms with Crippen LogP contribution in [0.15, 0.2) is 51.4 Å². The summed E-state index contributed by atoms with van der Waals surface area (Å²) in [7, 11) is 0. The molecule has 7 heteroatoms. The third kappa shape index (κ3) is 3.22. The Morgan fingerprint density at radius 3 is 2.73 bits per heavy atom. The molecule has 1 amide bonds. The largest absolute Gasteiger partial charge is 0.481 e. The van der Waals surface area contributed by atoms with E-state index in [0.29, 0.717) is 29.1 Å². The van der Waals surface area contributed by atoms with Crippen LogP contribution in [-0.4, -0.2) is 28.5 Å². The molecular weight excluding hydrogens is 400 g/mol. The van der Waals surface area contributed by atoms with E-state index in [9.17, 15) is 9.59 Å². The zero-order chi connectivity index (χ0) is 18.3. The van der Waals surface area contributed by atoms with Crippen molar-refractivity contribution in [3.63, 3.8) is 0 Å². The van der Waals surface area contributed by atoms with Crippen molar-refractivity contribution in [2.45, 2.75) is 12.8 Å². The Balaban J connectivity index is 1.59. The lowest BCUT2D eigenvalue weighted by atomic mass is 10.1. The molecule has 0 spiro atoms. The van der Waals surface area contributed by atoms with E-state index in [-0.39, 0.29) is 18.9 Å². The van der Waals surface area contributed by atoms with Crippen molar-refractivity contribution in [3.05, 3.63) is 58.4 Å². The van der Waals surface area contributed by atoms with Crippen molar-refractivity contribution >= 4 is 44.6 Å². The van der Waals surface area contributed by atoms with Gasteiger partial charge in [-0.1, -0.05) is 28.1 Å². The molecule has 3 aromatic rings. The summed E-state index contributed by atoms with van der Waals surface area (Å²) in [5.41, 5.74) is 3.01. The minimum absolute atomic E-state index is 0.0264. The fraction of sp³-hybridized carbons (Fsp3) is 0.211. The third-order valence-corrected chi connectivity index (χ3v) is 5.00. The molecule has 26 heavy (non-hydrogen) atoms. The van der Waals surface area contributed by atoms with E-state index in [1.54, 1.807) is 18.2 Å². The number of hydrogen-bond acceptors (Lipinski definition) is 4. The molecule has 4 rings (SSSR count). The first-order chi connectivity index (χ1) is 12.5. The fourth-order valence-electron chi connectivity index (χ4n) is 3.10. The van der Waals surface area contributed by atoms with Crippen molar-refractivity contribution < 1.29 is 19.1 Å². The number of carbonyl (C=O) groups is 2. The first-order valence-electron chi connectivity index (χ1n) is 8.16. The maximum absolute atomic E-state index is 12.1. The zero-order valence-corrected chi connectivity index (χ0v) is 15.3. The summed E-state index contributed by atoms with van der Waals surface area (Å²) in [6.07, 6.45) is 0.597. The van der Waals surface area contributed by atoms with E-state index in [1.807, 2.05) is 24.3 Å². The predicted molar refractivity (Wildman–Crippen MR) is 99.1 cm³/mol. The van der Waals surface area contributed by atoms with Gasteiger partial charge in [0.1, 0.15) is 5.52 Å². The molecule has 1 fully saturated rings. The van der Waals surface area contributed by atoms with Crippen LogP contribution in [-0.2, 0) is 16.0 Å². The molecule has 1 aliphatic heterocycles. The van der Waals surface area contributed by atoms with Gasteiger partial charge < -0.3 is 14.4 Å². The minimum Gasteiger partial charge on any atom is -0.481 e. The number of carboxylic acid groups (broad SMARTS) is 1. The highest BCUT2D eigenvalue weighted by Crippen LogP contribution is 2.29. The number of rotatable bonds is 4. The SMILES string of the molecule is O=C(O)C1CC(=O)N(c2ccc3nc(Cc4ccc(Br)cc4)oc3c2)C1. The molecular formula is C19H15BrN2O4. The van der Waals surface area contributed by atoms with Crippen molar-refractivity contribution in [1.29, 1.82) is 0 Å². The average molecular weight is 415 g/mol. The molecule has 0 aliphatic carbocycles. The van der Waals surface area contributed by atoms with Crippen LogP contribution in [0, 0.1) is 5.92 Å². The standard InChI is InChI=1S/C19H15BrN2O4/c20-13-3-1-11(2-4-13)7-17-21-15-6-5-14(9-16(15)26-17)22-10-12(19(24)25)8-18(22)23/h1-6,9,12H,7-8,10H2,(H,24,25). The summed E-state index contributed by atoms with van der Waals surface area (Å²) in [5, 5.41) is 9.12. The number of halogens is 1. The Labute approximate surface area is 157 Å². The number of benzene rings is 2. The highest BCUT2D eigenvalue weighted by Gasteiger charge is 2.35. The molecule has 6 nitrogen and oxygen atoms in total. The Kier molecular flexibility index (Phi) is 4.24. The topological polar surface area (TPSA) is 83.6 Å². The van der Waals surface area contributed by atoms with E-state index >= 15 is 0 Å². The van der Waals surface area contributed by atoms with Crippen LogP contribution in [0.25, 0.3) is 11.1 Å². The molecule has 2 aromatic carbocycles. The molecule has 1 unspecified atom stereocenters. The first-order valence-corrected chi connectivity index (χ1v) is 8.96. The van der Waals surface area contributed by atoms with Crippen LogP contribution in [0.1, 0.15) is 17.9 Å². The lowest BCUT2D eigenvalue weighted by Crippen LogP contribution is -2.25. The summed E-state index contributed by atoms with van der Waals surface area (Å²) >= 11 is 3.41. The Morgan fingerprint density at radius 2 is 2.04 bits per heavy atom. The summed E-state index contributed by atoms with van der Waals surface area (Å²) in [6.45, 7) is 0.180. The number of carboxylic acids is 1. The van der Waals surface area contributed by atoms with Gasteiger partial charge in [-0.05, 0) is 29.8 Å². The summed E-state index contributed by atoms with van der Waals surface area (Å²) < 4.78 is 6.85. The van der Waals surface area contributed by atoms with Gasteiger partial charge in [0.05, 0.1) is 5.92 Å². The molecule has 0 saturated carbocycles. The molecule has 1 N–H and O–H groups in total. The molecule has 1 saturated heterocycles. The van der Waals surface area contributed by atoms with Crippen LogP contribution in [0.4, 0.5) is 5.69 Å². The van der Waals surface area contributed by atoms with Crippen LogP contribution in [0.5, 0.6) is 0 Å². The van der Waals surface area contributed by atoms with Gasteiger partial charge in [0, 0.05) is 35.6 Å². The molecule has 0 radical (unpaired) electrons. The van der Waals surface area contributed by atoms with Gasteiger partial charge >= 0.3 is 5.97 Å². The number of fused-ring (bicyclic) bond motifs is 1. The molecule has 132 valence electrons. The first kappa shape index (κ1) is 16.8. The summed E-state index contributed by atoms with van der Waals surface area (Å²) in [6, 6.07) is 13.2. The molecule has 0 bridgehead atoms. The van der Waals surface area contributed by atoms with Gasteiger partial charge in [-0.2, -0.15) is 0 Å². The van der Waals surface area contributed by atoms with E-state index in [1.165, 1.54) is 4.90 Å². The zero-order valence-electron chi connectivity index (χ0n) is 13.7. The monoisotopic (exact) mass is 414 g/mol. The second-order valence-corrected chi connectivity index (χ2v) is 7.22. The minimum atomic E-state index is -0.946. The number of nitrogens with zero attached hydrogens (tertiary/aromatic N) is 2. The normalized spacial score (nSPS) is 17.2. The Hall–Kier alpha value is -2.67. The number of amides is 1. The maximum Gasteiger partial charge on any atom is 0.308 e. The van der Waals surface area contributed by atoms with Crippen molar-refractivity contribution in [1.82, 2.24) is 4.98 Å². The quantitative estimate of drug-likeness (QED) is 0.704.